The number of esters is 1. The van der Waals surface area contributed by atoms with E-state index < -0.39 is 17.9 Å². The zero-order valence-corrected chi connectivity index (χ0v) is 19.0. The zero-order chi connectivity index (χ0) is 21.4. The minimum absolute atomic E-state index is 0.131. The second-order valence-corrected chi connectivity index (χ2v) is 8.15. The molecule has 0 aliphatic heterocycles. The minimum atomic E-state index is -0.947. The molecule has 0 radical (unpaired) electrons. The van der Waals surface area contributed by atoms with E-state index in [-0.39, 0.29) is 11.9 Å². The highest BCUT2D eigenvalue weighted by Gasteiger charge is 2.32. The molecule has 0 aromatic heterocycles. The van der Waals surface area contributed by atoms with Crippen LogP contribution in [-0.2, 0) is 14.3 Å². The molecule has 0 aromatic rings. The third-order valence-corrected chi connectivity index (χ3v) is 5.30. The number of methoxy groups -OCH3 is 1. The van der Waals surface area contributed by atoms with Crippen molar-refractivity contribution in [2.45, 2.75) is 96.6 Å². The van der Waals surface area contributed by atoms with Crippen molar-refractivity contribution in [2.24, 2.45) is 11.7 Å². The normalized spacial score (nSPS) is 14.5. The number of nitrogens with one attached hydrogen (secondary N) is 1. The molecule has 0 spiro atoms. The zero-order valence-electron chi connectivity index (χ0n) is 19.0. The Balaban J connectivity index is 4.30. The number of amides is 1. The molecule has 0 bridgehead atoms. The molecule has 1 amide bonds. The standard InChI is InChI=1S/C22H45N3O3/c1-6-8-9-10-11-12-13-14-15-16-18(7-2)24-21(26)19(17-25(3)4)20(23)22(27)28-5/h18-20H,6-17,23H2,1-5H3,(H,24,26)/t18?,19?,20-/m1/s1. The van der Waals surface area contributed by atoms with Crippen LogP contribution in [0.2, 0.25) is 0 Å². The van der Waals surface area contributed by atoms with E-state index in [9.17, 15) is 9.59 Å². The van der Waals surface area contributed by atoms with Crippen molar-refractivity contribution in [3.8, 4) is 0 Å². The van der Waals surface area contributed by atoms with Crippen molar-refractivity contribution >= 4 is 11.9 Å². The lowest BCUT2D eigenvalue weighted by Gasteiger charge is -2.27. The van der Waals surface area contributed by atoms with Crippen molar-refractivity contribution in [2.75, 3.05) is 27.7 Å². The molecular weight excluding hydrogens is 354 g/mol. The van der Waals surface area contributed by atoms with E-state index in [2.05, 4.69) is 19.2 Å². The second kappa shape index (κ2) is 16.8. The monoisotopic (exact) mass is 399 g/mol. The molecule has 0 aliphatic carbocycles. The van der Waals surface area contributed by atoms with E-state index in [1.54, 1.807) is 0 Å². The molecule has 6 nitrogen and oxygen atoms in total. The quantitative estimate of drug-likeness (QED) is 0.289. The van der Waals surface area contributed by atoms with E-state index in [0.717, 1.165) is 19.3 Å². The van der Waals surface area contributed by atoms with Crippen LogP contribution in [0.4, 0.5) is 0 Å². The van der Waals surface area contributed by atoms with Gasteiger partial charge in [0.05, 0.1) is 13.0 Å². The highest BCUT2D eigenvalue weighted by atomic mass is 16.5. The van der Waals surface area contributed by atoms with Gasteiger partial charge in [0, 0.05) is 12.6 Å². The summed E-state index contributed by atoms with van der Waals surface area (Å²) in [6.07, 6.45) is 13.5. The lowest BCUT2D eigenvalue weighted by atomic mass is 9.97. The van der Waals surface area contributed by atoms with Crippen molar-refractivity contribution < 1.29 is 14.3 Å². The van der Waals surface area contributed by atoms with Crippen molar-refractivity contribution in [1.82, 2.24) is 10.2 Å². The van der Waals surface area contributed by atoms with Gasteiger partial charge in [-0.2, -0.15) is 0 Å². The van der Waals surface area contributed by atoms with Crippen LogP contribution >= 0.6 is 0 Å². The van der Waals surface area contributed by atoms with Crippen LogP contribution in [0.25, 0.3) is 0 Å². The van der Waals surface area contributed by atoms with Gasteiger partial charge in [-0.25, -0.2) is 0 Å². The number of hydrogen-bond acceptors (Lipinski definition) is 5. The first-order valence-corrected chi connectivity index (χ1v) is 11.2. The summed E-state index contributed by atoms with van der Waals surface area (Å²) in [4.78, 5) is 26.4. The van der Waals surface area contributed by atoms with Gasteiger partial charge in [0.25, 0.3) is 0 Å². The SMILES string of the molecule is CCCCCCCCCCCC(CC)NC(=O)C(CN(C)C)[C@@H](N)C(=O)OC. The van der Waals surface area contributed by atoms with E-state index in [1.165, 1.54) is 58.5 Å². The fraction of sp³-hybridized carbons (Fsp3) is 0.909. The number of rotatable bonds is 17. The summed E-state index contributed by atoms with van der Waals surface area (Å²) in [5, 5.41) is 3.10. The highest BCUT2D eigenvalue weighted by molar-refractivity contribution is 5.87. The number of nitrogens with zero attached hydrogens (tertiary/aromatic N) is 1. The Hall–Kier alpha value is -1.14. The van der Waals surface area contributed by atoms with E-state index in [4.69, 9.17) is 10.5 Å². The number of carbonyl (C=O) groups excluding carboxylic acids is 2. The summed E-state index contributed by atoms with van der Waals surface area (Å²) in [5.74, 6) is -1.32. The molecule has 3 N–H and O–H groups in total. The van der Waals surface area contributed by atoms with Gasteiger partial charge in [0.2, 0.25) is 5.91 Å². The summed E-state index contributed by atoms with van der Waals surface area (Å²) in [5.41, 5.74) is 5.97. The fourth-order valence-corrected chi connectivity index (χ4v) is 3.44. The van der Waals surface area contributed by atoms with Crippen LogP contribution in [0.3, 0.4) is 0 Å². The molecule has 0 saturated heterocycles. The number of unbranched alkanes of at least 4 members (excludes halogenated alkanes) is 8. The third kappa shape index (κ3) is 12.3. The van der Waals surface area contributed by atoms with E-state index in [0.29, 0.717) is 6.54 Å². The van der Waals surface area contributed by atoms with Crippen LogP contribution in [0.15, 0.2) is 0 Å². The maximum Gasteiger partial charge on any atom is 0.323 e. The predicted octanol–water partition coefficient (Wildman–Crippen LogP) is 3.48. The first kappa shape index (κ1) is 26.9. The van der Waals surface area contributed by atoms with Crippen molar-refractivity contribution in [3.05, 3.63) is 0 Å². The molecule has 0 aliphatic rings. The minimum Gasteiger partial charge on any atom is -0.468 e. The lowest BCUT2D eigenvalue weighted by molar-refractivity contribution is -0.146. The molecule has 166 valence electrons. The average molecular weight is 400 g/mol. The average Bonchev–Trinajstić information content (AvgIpc) is 2.68. The van der Waals surface area contributed by atoms with Gasteiger partial charge >= 0.3 is 5.97 Å². The Morgan fingerprint density at radius 3 is 1.96 bits per heavy atom. The molecule has 0 fully saturated rings. The molecule has 3 atom stereocenters. The Bertz CT molecular complexity index is 416. The topological polar surface area (TPSA) is 84.7 Å². The first-order valence-electron chi connectivity index (χ1n) is 11.2. The summed E-state index contributed by atoms with van der Waals surface area (Å²) < 4.78 is 4.73. The van der Waals surface area contributed by atoms with Gasteiger partial charge < -0.3 is 20.7 Å². The van der Waals surface area contributed by atoms with Gasteiger partial charge in [-0.05, 0) is 26.9 Å². The molecule has 28 heavy (non-hydrogen) atoms. The van der Waals surface area contributed by atoms with E-state index in [1.807, 2.05) is 19.0 Å². The summed E-state index contributed by atoms with van der Waals surface area (Å²) in [6, 6.07) is -0.816. The molecule has 0 saturated carbocycles. The summed E-state index contributed by atoms with van der Waals surface area (Å²) >= 11 is 0. The van der Waals surface area contributed by atoms with Crippen molar-refractivity contribution in [3.63, 3.8) is 0 Å². The number of hydrogen-bond donors (Lipinski definition) is 2. The van der Waals surface area contributed by atoms with Crippen molar-refractivity contribution in [1.29, 1.82) is 0 Å². The Morgan fingerprint density at radius 1 is 0.964 bits per heavy atom. The fourth-order valence-electron chi connectivity index (χ4n) is 3.44. The highest BCUT2D eigenvalue weighted by Crippen LogP contribution is 2.13. The Morgan fingerprint density at radius 2 is 1.50 bits per heavy atom. The number of carbonyl (C=O) groups is 2. The third-order valence-electron chi connectivity index (χ3n) is 5.30. The maximum atomic E-state index is 12.7. The second-order valence-electron chi connectivity index (χ2n) is 8.15. The molecule has 0 rings (SSSR count). The predicted molar refractivity (Wildman–Crippen MR) is 116 cm³/mol. The smallest absolute Gasteiger partial charge is 0.323 e. The molecule has 2 unspecified atom stereocenters. The molecular formula is C22H45N3O3. The van der Waals surface area contributed by atoms with E-state index >= 15 is 0 Å². The first-order chi connectivity index (χ1) is 13.4. The van der Waals surface area contributed by atoms with Gasteiger partial charge in [0.15, 0.2) is 0 Å². The molecule has 0 heterocycles. The lowest BCUT2D eigenvalue weighted by Crippen LogP contribution is -2.52. The Kier molecular flexibility index (Phi) is 16.1. The van der Waals surface area contributed by atoms with Crippen LogP contribution < -0.4 is 11.1 Å². The van der Waals surface area contributed by atoms with Gasteiger partial charge in [0.1, 0.15) is 6.04 Å². The van der Waals surface area contributed by atoms with Crippen LogP contribution in [0, 0.1) is 5.92 Å². The van der Waals surface area contributed by atoms with Crippen LogP contribution in [0.1, 0.15) is 84.5 Å². The largest absolute Gasteiger partial charge is 0.468 e. The summed E-state index contributed by atoms with van der Waals surface area (Å²) in [6.45, 7) is 4.74. The van der Waals surface area contributed by atoms with Crippen LogP contribution in [-0.4, -0.2) is 56.6 Å². The van der Waals surface area contributed by atoms with Gasteiger partial charge in [-0.15, -0.1) is 0 Å². The van der Waals surface area contributed by atoms with Gasteiger partial charge in [-0.1, -0.05) is 71.6 Å². The van der Waals surface area contributed by atoms with Gasteiger partial charge in [-0.3, -0.25) is 9.59 Å². The summed E-state index contributed by atoms with van der Waals surface area (Å²) in [7, 11) is 5.03. The molecule has 0 aromatic carbocycles. The van der Waals surface area contributed by atoms with Crippen LogP contribution in [0.5, 0.6) is 0 Å². The maximum absolute atomic E-state index is 12.7. The number of nitrogens with two attached hydrogens (primary N) is 1. The Labute approximate surface area is 172 Å². The number of ether oxygens (including phenoxy) is 1. The molecule has 6 heteroatoms.